The Morgan fingerprint density at radius 1 is 1.35 bits per heavy atom. The smallest absolute Gasteiger partial charge is 0.324 e. The molecule has 2 aliphatic rings. The Hall–Kier alpha value is -1.56. The number of anilines is 1. The van der Waals surface area contributed by atoms with Crippen LogP contribution in [0, 0.1) is 5.92 Å². The van der Waals surface area contributed by atoms with E-state index in [9.17, 15) is 4.79 Å². The highest BCUT2D eigenvalue weighted by molar-refractivity contribution is 5.93. The van der Waals surface area contributed by atoms with E-state index in [1.807, 2.05) is 24.1 Å². The minimum atomic E-state index is 0.0691. The van der Waals surface area contributed by atoms with E-state index >= 15 is 0 Å². The molecule has 1 aromatic rings. The fraction of sp³-hybridized carbons (Fsp3) is 0.714. The zero-order valence-corrected chi connectivity index (χ0v) is 12.5. The number of nitrogens with zero attached hydrogens (tertiary/aromatic N) is 5. The van der Waals surface area contributed by atoms with Crippen molar-refractivity contribution in [2.24, 2.45) is 5.92 Å². The van der Waals surface area contributed by atoms with Crippen LogP contribution in [-0.2, 0) is 0 Å². The molecular formula is C14H23N5O. The first-order valence-electron chi connectivity index (χ1n) is 7.33. The topological polar surface area (TPSA) is 44.6 Å². The van der Waals surface area contributed by atoms with Crippen LogP contribution in [0.25, 0.3) is 0 Å². The number of carbonyl (C=O) groups is 1. The summed E-state index contributed by atoms with van der Waals surface area (Å²) in [6, 6.07) is 0.525. The Labute approximate surface area is 119 Å². The molecule has 3 heterocycles. The lowest BCUT2D eigenvalue weighted by Crippen LogP contribution is -2.49. The molecule has 0 aromatic carbocycles. The number of hydrogen-bond donors (Lipinski definition) is 0. The van der Waals surface area contributed by atoms with Crippen molar-refractivity contribution in [1.29, 1.82) is 0 Å². The molecule has 0 spiro atoms. The Balaban J connectivity index is 1.60. The third kappa shape index (κ3) is 2.40. The summed E-state index contributed by atoms with van der Waals surface area (Å²) in [4.78, 5) is 17.9. The highest BCUT2D eigenvalue weighted by Crippen LogP contribution is 2.25. The van der Waals surface area contributed by atoms with Gasteiger partial charge < -0.3 is 4.90 Å². The van der Waals surface area contributed by atoms with Gasteiger partial charge in [0.2, 0.25) is 0 Å². The van der Waals surface area contributed by atoms with E-state index in [2.05, 4.69) is 23.8 Å². The quantitative estimate of drug-likeness (QED) is 0.832. The molecule has 0 aliphatic carbocycles. The van der Waals surface area contributed by atoms with E-state index < -0.39 is 0 Å². The molecule has 0 N–H and O–H groups in total. The van der Waals surface area contributed by atoms with Gasteiger partial charge in [0.05, 0.1) is 17.9 Å². The summed E-state index contributed by atoms with van der Waals surface area (Å²) in [6.45, 7) is 9.31. The maximum absolute atomic E-state index is 11.9. The zero-order valence-electron chi connectivity index (χ0n) is 12.5. The van der Waals surface area contributed by atoms with Gasteiger partial charge in [-0.3, -0.25) is 14.5 Å². The van der Waals surface area contributed by atoms with Crippen LogP contribution in [0.15, 0.2) is 12.4 Å². The SMILES string of the molecule is CC(C)CN1CC(n2cc(N3CCN(C)C3=O)cn2)C1. The van der Waals surface area contributed by atoms with E-state index in [0.29, 0.717) is 12.0 Å². The Morgan fingerprint density at radius 2 is 2.10 bits per heavy atom. The molecule has 3 rings (SSSR count). The summed E-state index contributed by atoms with van der Waals surface area (Å²) in [7, 11) is 1.84. The third-order valence-electron chi connectivity index (χ3n) is 4.05. The summed E-state index contributed by atoms with van der Waals surface area (Å²) in [5.74, 6) is 0.710. The van der Waals surface area contributed by atoms with Gasteiger partial charge in [-0.2, -0.15) is 5.10 Å². The van der Waals surface area contributed by atoms with Gasteiger partial charge in [0.1, 0.15) is 0 Å². The summed E-state index contributed by atoms with van der Waals surface area (Å²) < 4.78 is 2.01. The summed E-state index contributed by atoms with van der Waals surface area (Å²) in [5, 5.41) is 4.43. The first kappa shape index (κ1) is 13.4. The van der Waals surface area contributed by atoms with Crippen LogP contribution in [0.4, 0.5) is 10.5 Å². The van der Waals surface area contributed by atoms with Gasteiger partial charge in [0.25, 0.3) is 0 Å². The molecule has 20 heavy (non-hydrogen) atoms. The number of hydrogen-bond acceptors (Lipinski definition) is 3. The first-order chi connectivity index (χ1) is 9.54. The van der Waals surface area contributed by atoms with Gasteiger partial charge in [0, 0.05) is 46.0 Å². The van der Waals surface area contributed by atoms with Crippen LogP contribution in [0.2, 0.25) is 0 Å². The van der Waals surface area contributed by atoms with Gasteiger partial charge in [-0.05, 0) is 5.92 Å². The average Bonchev–Trinajstić information content (AvgIpc) is 2.92. The lowest BCUT2D eigenvalue weighted by molar-refractivity contribution is 0.0860. The third-order valence-corrected chi connectivity index (χ3v) is 4.05. The fourth-order valence-electron chi connectivity index (χ4n) is 2.93. The largest absolute Gasteiger partial charge is 0.326 e. The van der Waals surface area contributed by atoms with Gasteiger partial charge in [0.15, 0.2) is 0 Å². The molecule has 2 aliphatic heterocycles. The maximum Gasteiger partial charge on any atom is 0.324 e. The van der Waals surface area contributed by atoms with Crippen LogP contribution >= 0.6 is 0 Å². The number of urea groups is 1. The lowest BCUT2D eigenvalue weighted by Gasteiger charge is -2.40. The van der Waals surface area contributed by atoms with E-state index in [1.54, 1.807) is 9.80 Å². The molecule has 110 valence electrons. The van der Waals surface area contributed by atoms with Crippen LogP contribution in [0.3, 0.4) is 0 Å². The Morgan fingerprint density at radius 3 is 2.70 bits per heavy atom. The molecule has 2 saturated heterocycles. The zero-order chi connectivity index (χ0) is 14.3. The van der Waals surface area contributed by atoms with Crippen molar-refractivity contribution in [3.8, 4) is 0 Å². The first-order valence-corrected chi connectivity index (χ1v) is 7.33. The minimum absolute atomic E-state index is 0.0691. The van der Waals surface area contributed by atoms with Crippen molar-refractivity contribution < 1.29 is 4.79 Å². The van der Waals surface area contributed by atoms with Crippen LogP contribution < -0.4 is 4.90 Å². The molecule has 0 unspecified atom stereocenters. The van der Waals surface area contributed by atoms with E-state index in [-0.39, 0.29) is 6.03 Å². The Kier molecular flexibility index (Phi) is 3.41. The molecular weight excluding hydrogens is 254 g/mol. The highest BCUT2D eigenvalue weighted by Gasteiger charge is 2.31. The van der Waals surface area contributed by atoms with Gasteiger partial charge in [-0.1, -0.05) is 13.8 Å². The van der Waals surface area contributed by atoms with Crippen LogP contribution in [-0.4, -0.2) is 65.4 Å². The normalized spacial score (nSPS) is 21.1. The predicted octanol–water partition coefficient (Wildman–Crippen LogP) is 1.27. The van der Waals surface area contributed by atoms with Crippen LogP contribution in [0.1, 0.15) is 19.9 Å². The predicted molar refractivity (Wildman–Crippen MR) is 77.9 cm³/mol. The van der Waals surface area contributed by atoms with Gasteiger partial charge >= 0.3 is 6.03 Å². The number of amides is 2. The van der Waals surface area contributed by atoms with Crippen molar-refractivity contribution in [2.45, 2.75) is 19.9 Å². The monoisotopic (exact) mass is 277 g/mol. The van der Waals surface area contributed by atoms with E-state index in [1.165, 1.54) is 0 Å². The second kappa shape index (κ2) is 5.09. The van der Waals surface area contributed by atoms with Crippen molar-refractivity contribution in [1.82, 2.24) is 19.6 Å². The molecule has 0 saturated carbocycles. The number of aromatic nitrogens is 2. The summed E-state index contributed by atoms with van der Waals surface area (Å²) in [5.41, 5.74) is 0.918. The number of likely N-dealkylation sites (N-methyl/N-ethyl adjacent to an activating group) is 1. The Bertz CT molecular complexity index is 492. The van der Waals surface area contributed by atoms with Crippen molar-refractivity contribution >= 4 is 11.7 Å². The highest BCUT2D eigenvalue weighted by atomic mass is 16.2. The average molecular weight is 277 g/mol. The standard InChI is InChI=1S/C14H23N5O/c1-11(2)7-17-8-13(9-17)19-10-12(6-15-19)18-5-4-16(3)14(18)20/h6,10-11,13H,4-5,7-9H2,1-3H3. The molecule has 6 heteroatoms. The molecule has 0 atom stereocenters. The fourth-order valence-corrected chi connectivity index (χ4v) is 2.93. The van der Waals surface area contributed by atoms with Crippen molar-refractivity contribution in [3.05, 3.63) is 12.4 Å². The molecule has 2 amide bonds. The number of rotatable bonds is 4. The summed E-state index contributed by atoms with van der Waals surface area (Å²) >= 11 is 0. The lowest BCUT2D eigenvalue weighted by atomic mass is 10.1. The minimum Gasteiger partial charge on any atom is -0.326 e. The second-order valence-electron chi connectivity index (χ2n) is 6.30. The summed E-state index contributed by atoms with van der Waals surface area (Å²) in [6.07, 6.45) is 3.82. The molecule has 1 aromatic heterocycles. The van der Waals surface area contributed by atoms with Gasteiger partial charge in [-0.25, -0.2) is 4.79 Å². The molecule has 0 radical (unpaired) electrons. The van der Waals surface area contributed by atoms with E-state index in [0.717, 1.165) is 38.4 Å². The second-order valence-corrected chi connectivity index (χ2v) is 6.30. The molecule has 0 bridgehead atoms. The van der Waals surface area contributed by atoms with Gasteiger partial charge in [-0.15, -0.1) is 0 Å². The maximum atomic E-state index is 11.9. The van der Waals surface area contributed by atoms with Crippen molar-refractivity contribution in [3.63, 3.8) is 0 Å². The molecule has 2 fully saturated rings. The molecule has 6 nitrogen and oxygen atoms in total. The van der Waals surface area contributed by atoms with E-state index in [4.69, 9.17) is 0 Å². The number of likely N-dealkylation sites (tertiary alicyclic amines) is 1. The van der Waals surface area contributed by atoms with Crippen LogP contribution in [0.5, 0.6) is 0 Å². The number of carbonyl (C=O) groups excluding carboxylic acids is 1. The van der Waals surface area contributed by atoms with Crippen molar-refractivity contribution in [2.75, 3.05) is 44.7 Å².